The molecule has 0 aromatic heterocycles. The van der Waals surface area contributed by atoms with Crippen molar-refractivity contribution in [2.75, 3.05) is 11.5 Å². The Bertz CT molecular complexity index is 1530. The van der Waals surface area contributed by atoms with Crippen LogP contribution in [0, 0.1) is 3.57 Å². The van der Waals surface area contributed by atoms with E-state index in [1.807, 2.05) is 37.3 Å². The molecule has 1 fully saturated rings. The Labute approximate surface area is 250 Å². The monoisotopic (exact) mass is 668 g/mol. The number of nitrogens with zero attached hydrogens (tertiary/aromatic N) is 1. The lowest BCUT2D eigenvalue weighted by molar-refractivity contribution is -0.122. The average molecular weight is 669 g/mol. The van der Waals surface area contributed by atoms with Crippen LogP contribution in [0.3, 0.4) is 0 Å². The molecular weight excluding hydrogens is 643 g/mol. The van der Waals surface area contributed by atoms with Gasteiger partial charge in [-0.3, -0.25) is 19.8 Å². The van der Waals surface area contributed by atoms with Crippen LogP contribution in [-0.2, 0) is 22.6 Å². The molecule has 8 nitrogen and oxygen atoms in total. The van der Waals surface area contributed by atoms with Gasteiger partial charge in [-0.2, -0.15) is 0 Å². The molecule has 0 unspecified atom stereocenters. The predicted molar refractivity (Wildman–Crippen MR) is 165 cm³/mol. The molecule has 4 rings (SSSR count). The number of hydrogen-bond donors (Lipinski definition) is 2. The quantitative estimate of drug-likeness (QED) is 0.0964. The minimum atomic E-state index is -1.15. The molecule has 0 radical (unpaired) electrons. The summed E-state index contributed by atoms with van der Waals surface area (Å²) in [6.45, 7) is 6.39. The zero-order valence-corrected chi connectivity index (χ0v) is 24.5. The Hall–Kier alpha value is -4.03. The molecule has 204 valence electrons. The highest BCUT2D eigenvalue weighted by Crippen LogP contribution is 2.36. The van der Waals surface area contributed by atoms with E-state index in [-0.39, 0.29) is 21.9 Å². The minimum Gasteiger partial charge on any atom is -0.490 e. The number of nitrogens with one attached hydrogen (secondary N) is 1. The second kappa shape index (κ2) is 12.9. The summed E-state index contributed by atoms with van der Waals surface area (Å²) in [6.07, 6.45) is 3.64. The van der Waals surface area contributed by atoms with E-state index in [1.165, 1.54) is 24.3 Å². The Morgan fingerprint density at radius 2 is 1.88 bits per heavy atom. The van der Waals surface area contributed by atoms with Gasteiger partial charge in [0.25, 0.3) is 11.8 Å². The Morgan fingerprint density at radius 3 is 2.55 bits per heavy atom. The maximum atomic E-state index is 13.5. The predicted octanol–water partition coefficient (Wildman–Crippen LogP) is 5.53. The Balaban J connectivity index is 1.72. The highest BCUT2D eigenvalue weighted by atomic mass is 127. The second-order valence-electron chi connectivity index (χ2n) is 8.66. The number of halogens is 1. The number of hydrogen-bond acceptors (Lipinski definition) is 6. The fourth-order valence-electron chi connectivity index (χ4n) is 4.07. The number of aromatic carboxylic acids is 1. The van der Waals surface area contributed by atoms with Crippen LogP contribution < -0.4 is 19.7 Å². The third-order valence-electron chi connectivity index (χ3n) is 5.88. The van der Waals surface area contributed by atoms with Crippen molar-refractivity contribution in [3.8, 4) is 11.5 Å². The zero-order chi connectivity index (χ0) is 28.8. The summed E-state index contributed by atoms with van der Waals surface area (Å²) in [5.74, 6) is -1.49. The van der Waals surface area contributed by atoms with Crippen molar-refractivity contribution in [3.05, 3.63) is 105 Å². The van der Waals surface area contributed by atoms with Gasteiger partial charge < -0.3 is 14.6 Å². The van der Waals surface area contributed by atoms with Gasteiger partial charge in [0.2, 0.25) is 0 Å². The molecule has 3 aromatic rings. The summed E-state index contributed by atoms with van der Waals surface area (Å²) in [5, 5.41) is 11.7. The maximum Gasteiger partial charge on any atom is 0.335 e. The number of carboxylic acid groups (broad SMARTS) is 1. The number of rotatable bonds is 10. The first-order valence-corrected chi connectivity index (χ1v) is 13.7. The lowest BCUT2D eigenvalue weighted by Crippen LogP contribution is -2.54. The molecule has 40 heavy (non-hydrogen) atoms. The lowest BCUT2D eigenvalue weighted by Gasteiger charge is -2.29. The third-order valence-corrected chi connectivity index (χ3v) is 6.88. The summed E-state index contributed by atoms with van der Waals surface area (Å²) in [6, 6.07) is 17.3. The van der Waals surface area contributed by atoms with Crippen molar-refractivity contribution in [1.82, 2.24) is 5.32 Å². The van der Waals surface area contributed by atoms with Crippen molar-refractivity contribution in [1.29, 1.82) is 0 Å². The van der Waals surface area contributed by atoms with Gasteiger partial charge in [0.15, 0.2) is 16.6 Å². The van der Waals surface area contributed by atoms with Crippen LogP contribution in [0.5, 0.6) is 11.5 Å². The van der Waals surface area contributed by atoms with Gasteiger partial charge in [0.1, 0.15) is 12.2 Å². The number of amides is 2. The third kappa shape index (κ3) is 6.57. The van der Waals surface area contributed by atoms with E-state index >= 15 is 0 Å². The van der Waals surface area contributed by atoms with E-state index in [1.54, 1.807) is 18.2 Å². The molecule has 0 aliphatic carbocycles. The summed E-state index contributed by atoms with van der Waals surface area (Å²) in [5.41, 5.74) is 2.32. The largest absolute Gasteiger partial charge is 0.490 e. The van der Waals surface area contributed by atoms with Crippen LogP contribution >= 0.6 is 34.8 Å². The van der Waals surface area contributed by atoms with Crippen molar-refractivity contribution >= 4 is 69.5 Å². The van der Waals surface area contributed by atoms with Crippen LogP contribution in [0.15, 0.2) is 78.9 Å². The van der Waals surface area contributed by atoms with Crippen LogP contribution in [0.2, 0.25) is 0 Å². The first-order chi connectivity index (χ1) is 19.2. The highest BCUT2D eigenvalue weighted by Gasteiger charge is 2.35. The van der Waals surface area contributed by atoms with Crippen LogP contribution in [-0.4, -0.2) is 34.6 Å². The Kier molecular flexibility index (Phi) is 9.33. The smallest absolute Gasteiger partial charge is 0.335 e. The van der Waals surface area contributed by atoms with E-state index in [4.69, 9.17) is 21.7 Å². The molecule has 1 aliphatic rings. The number of carbonyl (C=O) groups is 3. The van der Waals surface area contributed by atoms with E-state index in [0.717, 1.165) is 19.6 Å². The van der Waals surface area contributed by atoms with Crippen molar-refractivity contribution in [2.45, 2.75) is 20.0 Å². The number of benzene rings is 3. The molecule has 0 spiro atoms. The molecule has 0 bridgehead atoms. The number of carbonyl (C=O) groups excluding carboxylic acids is 2. The molecule has 2 amide bonds. The topological polar surface area (TPSA) is 105 Å². The number of carboxylic acids is 1. The Morgan fingerprint density at radius 1 is 1.12 bits per heavy atom. The fourth-order valence-corrected chi connectivity index (χ4v) is 4.71. The normalized spacial score (nSPS) is 14.2. The number of ether oxygens (including phenoxy) is 2. The van der Waals surface area contributed by atoms with Crippen LogP contribution in [0.4, 0.5) is 5.69 Å². The van der Waals surface area contributed by atoms with Crippen molar-refractivity contribution < 1.29 is 29.0 Å². The molecule has 1 saturated heterocycles. The van der Waals surface area contributed by atoms with Gasteiger partial charge in [-0.15, -0.1) is 6.58 Å². The van der Waals surface area contributed by atoms with Crippen LogP contribution in [0.25, 0.3) is 6.08 Å². The van der Waals surface area contributed by atoms with E-state index in [2.05, 4.69) is 34.5 Å². The van der Waals surface area contributed by atoms with E-state index < -0.39 is 17.8 Å². The molecule has 0 saturated carbocycles. The molecule has 10 heteroatoms. The highest BCUT2D eigenvalue weighted by molar-refractivity contribution is 14.1. The summed E-state index contributed by atoms with van der Waals surface area (Å²) < 4.78 is 13.2. The number of allylic oxidation sites excluding steroid dienone is 1. The van der Waals surface area contributed by atoms with E-state index in [9.17, 15) is 19.5 Å². The standard InChI is InChI=1S/C30H25IN2O6S/c1-3-6-20-13-19(15-25(38-4-2)26(20)39-17-18-9-11-22(31)12-10-18)14-24-27(34)32-30(40)33(28(24)35)23-8-5-7-21(16-23)29(36)37/h3,5,7-16H,1,4,6,17H2,2H3,(H,36,37)(H,32,34,40). The molecule has 3 aromatic carbocycles. The molecule has 2 N–H and O–H groups in total. The van der Waals surface area contributed by atoms with E-state index in [0.29, 0.717) is 36.7 Å². The van der Waals surface area contributed by atoms with Gasteiger partial charge in [-0.25, -0.2) is 4.79 Å². The SMILES string of the molecule is C=CCc1cc(C=C2C(=O)NC(=S)N(c3cccc(C(=O)O)c3)C2=O)cc(OCC)c1OCc1ccc(I)cc1. The summed E-state index contributed by atoms with van der Waals surface area (Å²) >= 11 is 7.49. The second-order valence-corrected chi connectivity index (χ2v) is 10.3. The van der Waals surface area contributed by atoms with Gasteiger partial charge in [-0.05, 0) is 108 Å². The number of anilines is 1. The fraction of sp³-hybridized carbons (Fsp3) is 0.133. The molecule has 1 heterocycles. The van der Waals surface area contributed by atoms with Crippen LogP contribution in [0.1, 0.15) is 34.0 Å². The van der Waals surface area contributed by atoms with Gasteiger partial charge in [-0.1, -0.05) is 24.3 Å². The summed E-state index contributed by atoms with van der Waals surface area (Å²) in [7, 11) is 0. The summed E-state index contributed by atoms with van der Waals surface area (Å²) in [4.78, 5) is 38.9. The van der Waals surface area contributed by atoms with Gasteiger partial charge >= 0.3 is 5.97 Å². The van der Waals surface area contributed by atoms with Gasteiger partial charge in [0, 0.05) is 9.13 Å². The van der Waals surface area contributed by atoms with Crippen molar-refractivity contribution in [2.24, 2.45) is 0 Å². The van der Waals surface area contributed by atoms with Gasteiger partial charge in [0.05, 0.1) is 17.9 Å². The maximum absolute atomic E-state index is 13.5. The first-order valence-electron chi connectivity index (χ1n) is 12.2. The average Bonchev–Trinajstić information content (AvgIpc) is 2.92. The first kappa shape index (κ1) is 29.0. The molecule has 1 aliphatic heterocycles. The lowest BCUT2D eigenvalue weighted by atomic mass is 10.0. The zero-order valence-electron chi connectivity index (χ0n) is 21.5. The van der Waals surface area contributed by atoms with Crippen molar-refractivity contribution in [3.63, 3.8) is 0 Å². The molecule has 0 atom stereocenters. The molecular formula is C30H25IN2O6S. The number of thiocarbonyl (C=S) groups is 1. The minimum absolute atomic E-state index is 0.0215.